The van der Waals surface area contributed by atoms with Gasteiger partial charge in [0.25, 0.3) is 0 Å². The second-order valence-corrected chi connectivity index (χ2v) is 7.12. The Bertz CT molecular complexity index is 543. The summed E-state index contributed by atoms with van der Waals surface area (Å²) in [7, 11) is -0.414. The van der Waals surface area contributed by atoms with Crippen molar-refractivity contribution in [2.75, 3.05) is 32.1 Å². The quantitative estimate of drug-likeness (QED) is 0.896. The minimum atomic E-state index is -3.46. The van der Waals surface area contributed by atoms with Crippen LogP contribution in [0.3, 0.4) is 0 Å². The maximum absolute atomic E-state index is 12.3. The van der Waals surface area contributed by atoms with Crippen LogP contribution in [0.1, 0.15) is 12.8 Å². The van der Waals surface area contributed by atoms with Crippen LogP contribution in [0.25, 0.3) is 0 Å². The van der Waals surface area contributed by atoms with Crippen LogP contribution in [-0.4, -0.2) is 51.1 Å². The molecule has 0 amide bonds. The molecule has 1 fully saturated rings. The van der Waals surface area contributed by atoms with E-state index in [2.05, 4.69) is 0 Å². The van der Waals surface area contributed by atoms with E-state index in [1.165, 1.54) is 18.4 Å². The predicted molar refractivity (Wildman–Crippen MR) is 74.8 cm³/mol. The number of hydrogen-bond acceptors (Lipinski definition) is 4. The number of rotatable bonds is 3. The molecule has 2 rings (SSSR count). The van der Waals surface area contributed by atoms with Crippen molar-refractivity contribution in [2.45, 2.75) is 23.8 Å². The number of β-amino-alcohol motifs (C(OH)–C–C–N with tert-alkyl or cyclic N) is 1. The first-order valence-corrected chi connectivity index (χ1v) is 7.81. The fourth-order valence-electron chi connectivity index (χ4n) is 2.31. The average Bonchev–Trinajstić information content (AvgIpc) is 2.38. The van der Waals surface area contributed by atoms with Gasteiger partial charge in [0.1, 0.15) is 4.90 Å². The number of para-hydroxylation sites is 1. The van der Waals surface area contributed by atoms with Crippen LogP contribution in [0, 0.1) is 0 Å². The molecular formula is C13H20N2O3S. The van der Waals surface area contributed by atoms with E-state index < -0.39 is 10.0 Å². The third-order valence-electron chi connectivity index (χ3n) is 3.36. The van der Waals surface area contributed by atoms with E-state index in [-0.39, 0.29) is 6.10 Å². The van der Waals surface area contributed by atoms with Gasteiger partial charge in [-0.05, 0) is 25.0 Å². The highest BCUT2D eigenvalue weighted by molar-refractivity contribution is 7.89. The summed E-state index contributed by atoms with van der Waals surface area (Å²) >= 11 is 0. The summed E-state index contributed by atoms with van der Waals surface area (Å²) in [6.07, 6.45) is 1.26. The Balaban J connectivity index is 2.42. The molecule has 1 aromatic carbocycles. The smallest absolute Gasteiger partial charge is 0.244 e. The standard InChI is InChI=1S/C13H20N2O3S/c1-14(2)19(17,18)13-8-4-3-7-12(13)15-9-5-6-11(16)10-15/h3-4,7-8,11,16H,5-6,9-10H2,1-2H3/t11-/m0/s1. The monoisotopic (exact) mass is 284 g/mol. The van der Waals surface area contributed by atoms with Crippen molar-refractivity contribution in [1.82, 2.24) is 4.31 Å². The van der Waals surface area contributed by atoms with Gasteiger partial charge in [-0.15, -0.1) is 0 Å². The van der Waals surface area contributed by atoms with E-state index in [4.69, 9.17) is 0 Å². The van der Waals surface area contributed by atoms with Crippen molar-refractivity contribution in [3.8, 4) is 0 Å². The predicted octanol–water partition coefficient (Wildman–Crippen LogP) is 0.898. The summed E-state index contributed by atoms with van der Waals surface area (Å²) < 4.78 is 25.8. The highest BCUT2D eigenvalue weighted by Gasteiger charge is 2.26. The molecule has 0 radical (unpaired) electrons. The molecule has 106 valence electrons. The average molecular weight is 284 g/mol. The lowest BCUT2D eigenvalue weighted by Crippen LogP contribution is -2.39. The SMILES string of the molecule is CN(C)S(=O)(=O)c1ccccc1N1CCC[C@H](O)C1. The molecule has 0 saturated carbocycles. The van der Waals surface area contributed by atoms with Crippen molar-refractivity contribution < 1.29 is 13.5 Å². The van der Waals surface area contributed by atoms with Crippen molar-refractivity contribution in [2.24, 2.45) is 0 Å². The van der Waals surface area contributed by atoms with Crippen LogP contribution in [-0.2, 0) is 10.0 Å². The normalized spacial score (nSPS) is 20.8. The van der Waals surface area contributed by atoms with Crippen molar-refractivity contribution in [1.29, 1.82) is 0 Å². The fraction of sp³-hybridized carbons (Fsp3) is 0.538. The van der Waals surface area contributed by atoms with Crippen LogP contribution >= 0.6 is 0 Å². The number of anilines is 1. The third-order valence-corrected chi connectivity index (χ3v) is 5.22. The second-order valence-electron chi connectivity index (χ2n) is 5.00. The van der Waals surface area contributed by atoms with Gasteiger partial charge in [-0.2, -0.15) is 0 Å². The van der Waals surface area contributed by atoms with Gasteiger partial charge in [0.15, 0.2) is 0 Å². The van der Waals surface area contributed by atoms with E-state index in [9.17, 15) is 13.5 Å². The van der Waals surface area contributed by atoms with Gasteiger partial charge in [-0.1, -0.05) is 12.1 Å². The van der Waals surface area contributed by atoms with Crippen LogP contribution in [0.5, 0.6) is 0 Å². The highest BCUT2D eigenvalue weighted by Crippen LogP contribution is 2.29. The second kappa shape index (κ2) is 5.48. The number of benzene rings is 1. The lowest BCUT2D eigenvalue weighted by Gasteiger charge is -2.33. The van der Waals surface area contributed by atoms with E-state index in [1.54, 1.807) is 18.2 Å². The molecule has 5 nitrogen and oxygen atoms in total. The molecule has 1 atom stereocenters. The molecule has 1 aliphatic rings. The Hall–Kier alpha value is -1.11. The number of hydrogen-bond donors (Lipinski definition) is 1. The largest absolute Gasteiger partial charge is 0.391 e. The highest BCUT2D eigenvalue weighted by atomic mass is 32.2. The zero-order valence-electron chi connectivity index (χ0n) is 11.3. The number of sulfonamides is 1. The topological polar surface area (TPSA) is 60.9 Å². The molecule has 0 aliphatic carbocycles. The van der Waals surface area contributed by atoms with Crippen LogP contribution in [0.2, 0.25) is 0 Å². The van der Waals surface area contributed by atoms with Crippen molar-refractivity contribution in [3.63, 3.8) is 0 Å². The van der Waals surface area contributed by atoms with E-state index in [1.807, 2.05) is 11.0 Å². The van der Waals surface area contributed by atoms with Gasteiger partial charge in [0.05, 0.1) is 11.8 Å². The van der Waals surface area contributed by atoms with Gasteiger partial charge in [0.2, 0.25) is 10.0 Å². The van der Waals surface area contributed by atoms with Gasteiger partial charge >= 0.3 is 0 Å². The summed E-state index contributed by atoms with van der Waals surface area (Å²) in [5, 5.41) is 9.74. The lowest BCUT2D eigenvalue weighted by molar-refractivity contribution is 0.154. The van der Waals surface area contributed by atoms with Gasteiger partial charge in [0, 0.05) is 27.2 Å². The summed E-state index contributed by atoms with van der Waals surface area (Å²) in [6.45, 7) is 1.26. The van der Waals surface area contributed by atoms with Gasteiger partial charge in [-0.3, -0.25) is 0 Å². The number of aliphatic hydroxyl groups excluding tert-OH is 1. The van der Waals surface area contributed by atoms with Gasteiger partial charge < -0.3 is 10.0 Å². The molecule has 1 saturated heterocycles. The van der Waals surface area contributed by atoms with Crippen LogP contribution in [0.15, 0.2) is 29.2 Å². The lowest BCUT2D eigenvalue weighted by atomic mass is 10.1. The maximum atomic E-state index is 12.3. The minimum Gasteiger partial charge on any atom is -0.391 e. The third kappa shape index (κ3) is 2.91. The number of aliphatic hydroxyl groups is 1. The molecule has 6 heteroatoms. The van der Waals surface area contributed by atoms with Crippen molar-refractivity contribution >= 4 is 15.7 Å². The Morgan fingerprint density at radius 1 is 1.32 bits per heavy atom. The Morgan fingerprint density at radius 3 is 2.63 bits per heavy atom. The molecule has 0 unspecified atom stereocenters. The van der Waals surface area contributed by atoms with Gasteiger partial charge in [-0.25, -0.2) is 12.7 Å². The summed E-state index contributed by atoms with van der Waals surface area (Å²) in [5.74, 6) is 0. The maximum Gasteiger partial charge on any atom is 0.244 e. The zero-order chi connectivity index (χ0) is 14.0. The molecule has 1 aliphatic heterocycles. The van der Waals surface area contributed by atoms with Crippen molar-refractivity contribution in [3.05, 3.63) is 24.3 Å². The summed E-state index contributed by atoms with van der Waals surface area (Å²) in [6, 6.07) is 6.96. The van der Waals surface area contributed by atoms with E-state index in [0.717, 1.165) is 19.4 Å². The molecule has 1 aromatic rings. The molecule has 0 bridgehead atoms. The van der Waals surface area contributed by atoms with Crippen LogP contribution < -0.4 is 4.90 Å². The first kappa shape index (κ1) is 14.3. The fourth-order valence-corrected chi connectivity index (χ4v) is 3.41. The summed E-state index contributed by atoms with van der Waals surface area (Å²) in [5.41, 5.74) is 0.676. The van der Waals surface area contributed by atoms with E-state index >= 15 is 0 Å². The zero-order valence-corrected chi connectivity index (χ0v) is 12.1. The Kier molecular flexibility index (Phi) is 4.13. The molecular weight excluding hydrogens is 264 g/mol. The Morgan fingerprint density at radius 2 is 2.00 bits per heavy atom. The molecule has 0 spiro atoms. The molecule has 1 N–H and O–H groups in total. The molecule has 19 heavy (non-hydrogen) atoms. The Labute approximate surface area is 114 Å². The first-order chi connectivity index (χ1) is 8.93. The minimum absolute atomic E-state index is 0.300. The summed E-state index contributed by atoms with van der Waals surface area (Å²) in [4.78, 5) is 2.25. The first-order valence-electron chi connectivity index (χ1n) is 6.37. The molecule has 0 aromatic heterocycles. The van der Waals surface area contributed by atoms with Crippen LogP contribution in [0.4, 0.5) is 5.69 Å². The molecule has 1 heterocycles. The number of piperidine rings is 1. The van der Waals surface area contributed by atoms with E-state index in [0.29, 0.717) is 17.1 Å². The number of nitrogens with zero attached hydrogens (tertiary/aromatic N) is 2.